The van der Waals surface area contributed by atoms with Gasteiger partial charge in [0.1, 0.15) is 0 Å². The van der Waals surface area contributed by atoms with Crippen LogP contribution in [0.1, 0.15) is 6.42 Å². The average molecular weight is 140 g/mol. The van der Waals surface area contributed by atoms with E-state index in [0.717, 1.165) is 25.5 Å². The van der Waals surface area contributed by atoms with E-state index in [0.29, 0.717) is 6.54 Å². The van der Waals surface area contributed by atoms with Crippen LogP contribution in [-0.2, 0) is 0 Å². The van der Waals surface area contributed by atoms with Gasteiger partial charge in [0.2, 0.25) is 5.96 Å². The number of rotatable bonds is 2. The van der Waals surface area contributed by atoms with E-state index in [9.17, 15) is 0 Å². The Morgan fingerprint density at radius 2 is 2.60 bits per heavy atom. The summed E-state index contributed by atoms with van der Waals surface area (Å²) in [6.07, 6.45) is 2.82. The second-order valence-electron chi connectivity index (χ2n) is 2.02. The third-order valence-electron chi connectivity index (χ3n) is 1.16. The molecule has 0 aromatic heterocycles. The molecule has 0 fully saturated rings. The Hall–Kier alpha value is -0.900. The maximum atomic E-state index is 5.28. The monoisotopic (exact) mass is 140 g/mol. The highest BCUT2D eigenvalue weighted by molar-refractivity contribution is 5.89. The maximum Gasteiger partial charge on any atom is 0.217 e. The van der Waals surface area contributed by atoms with E-state index >= 15 is 0 Å². The summed E-state index contributed by atoms with van der Waals surface area (Å²) < 4.78 is 0. The number of nitrogens with one attached hydrogen (secondary N) is 1. The van der Waals surface area contributed by atoms with E-state index < -0.39 is 0 Å². The average Bonchev–Trinajstić information content (AvgIpc) is 2.03. The fourth-order valence-corrected chi connectivity index (χ4v) is 0.706. The van der Waals surface area contributed by atoms with Crippen LogP contribution < -0.4 is 11.1 Å². The highest BCUT2D eigenvalue weighted by atomic mass is 15.1. The summed E-state index contributed by atoms with van der Waals surface area (Å²) in [5.41, 5.74) is 5.28. The van der Waals surface area contributed by atoms with Crippen LogP contribution in [0.2, 0.25) is 0 Å². The van der Waals surface area contributed by atoms with Gasteiger partial charge in [-0.1, -0.05) is 0 Å². The van der Waals surface area contributed by atoms with Gasteiger partial charge in [-0.2, -0.15) is 0 Å². The molecule has 1 rings (SSSR count). The Balaban J connectivity index is 2.26. The van der Waals surface area contributed by atoms with Crippen LogP contribution in [0.4, 0.5) is 0 Å². The van der Waals surface area contributed by atoms with Gasteiger partial charge in [-0.15, -0.1) is 0 Å². The van der Waals surface area contributed by atoms with Gasteiger partial charge in [0.25, 0.3) is 0 Å². The third-order valence-corrected chi connectivity index (χ3v) is 1.16. The van der Waals surface area contributed by atoms with Crippen molar-refractivity contribution in [3.63, 3.8) is 0 Å². The molecule has 1 heterocycles. The molecule has 4 heteroatoms. The van der Waals surface area contributed by atoms with E-state index in [1.165, 1.54) is 0 Å². The normalized spacial score (nSPS) is 16.7. The summed E-state index contributed by atoms with van der Waals surface area (Å²) in [5.74, 6) is 0.719. The van der Waals surface area contributed by atoms with Gasteiger partial charge in [-0.05, 0) is 0 Å². The molecule has 0 aromatic carbocycles. The van der Waals surface area contributed by atoms with Gasteiger partial charge in [0.15, 0.2) is 0 Å². The Morgan fingerprint density at radius 1 is 1.70 bits per heavy atom. The van der Waals surface area contributed by atoms with Gasteiger partial charge in [0.05, 0.1) is 0 Å². The van der Waals surface area contributed by atoms with Crippen LogP contribution in [0.15, 0.2) is 9.98 Å². The molecule has 10 heavy (non-hydrogen) atoms. The second-order valence-corrected chi connectivity index (χ2v) is 2.02. The van der Waals surface area contributed by atoms with Crippen LogP contribution in [0.25, 0.3) is 0 Å². The molecule has 1 aliphatic rings. The van der Waals surface area contributed by atoms with Gasteiger partial charge in [0, 0.05) is 32.3 Å². The second kappa shape index (κ2) is 4.00. The van der Waals surface area contributed by atoms with Crippen molar-refractivity contribution < 1.29 is 0 Å². The third kappa shape index (κ3) is 2.14. The van der Waals surface area contributed by atoms with E-state index in [2.05, 4.69) is 15.3 Å². The largest absolute Gasteiger partial charge is 0.353 e. The molecule has 3 N–H and O–H groups in total. The number of guanidine groups is 1. The zero-order valence-corrected chi connectivity index (χ0v) is 5.88. The fraction of sp³-hybridized carbons (Fsp3) is 0.667. The Morgan fingerprint density at radius 3 is 3.20 bits per heavy atom. The quantitative estimate of drug-likeness (QED) is 0.536. The number of nitrogens with zero attached hydrogens (tertiary/aromatic N) is 2. The van der Waals surface area contributed by atoms with Crippen LogP contribution in [0, 0.1) is 0 Å². The van der Waals surface area contributed by atoms with Crippen molar-refractivity contribution in [3.05, 3.63) is 0 Å². The molecule has 0 amide bonds. The molecule has 0 saturated heterocycles. The number of hydrogen-bond donors (Lipinski definition) is 2. The summed E-state index contributed by atoms with van der Waals surface area (Å²) in [7, 11) is 0. The van der Waals surface area contributed by atoms with Gasteiger partial charge in [-0.25, -0.2) is 4.99 Å². The molecule has 0 atom stereocenters. The van der Waals surface area contributed by atoms with Crippen molar-refractivity contribution in [2.24, 2.45) is 15.7 Å². The summed E-state index contributed by atoms with van der Waals surface area (Å²) in [6.45, 7) is 2.21. The van der Waals surface area contributed by atoms with Gasteiger partial charge in [-0.3, -0.25) is 4.99 Å². The zero-order chi connectivity index (χ0) is 7.23. The SMILES string of the molecule is NCCNC1=NCCC=N1. The lowest BCUT2D eigenvalue weighted by atomic mass is 10.4. The zero-order valence-electron chi connectivity index (χ0n) is 5.88. The Kier molecular flexibility index (Phi) is 2.89. The smallest absolute Gasteiger partial charge is 0.217 e. The highest BCUT2D eigenvalue weighted by Crippen LogP contribution is 1.87. The molecule has 4 nitrogen and oxygen atoms in total. The van der Waals surface area contributed by atoms with Crippen LogP contribution >= 0.6 is 0 Å². The summed E-state index contributed by atoms with van der Waals surface area (Å²) in [6, 6.07) is 0. The lowest BCUT2D eigenvalue weighted by Crippen LogP contribution is -2.29. The van der Waals surface area contributed by atoms with Crippen molar-refractivity contribution in [1.82, 2.24) is 5.32 Å². The molecule has 0 aliphatic carbocycles. The predicted molar refractivity (Wildman–Crippen MR) is 42.5 cm³/mol. The molecule has 0 radical (unpaired) electrons. The van der Waals surface area contributed by atoms with E-state index in [1.807, 2.05) is 6.21 Å². The first-order valence-electron chi connectivity index (χ1n) is 3.44. The number of nitrogens with two attached hydrogens (primary N) is 1. The van der Waals surface area contributed by atoms with Crippen molar-refractivity contribution in [2.45, 2.75) is 6.42 Å². The van der Waals surface area contributed by atoms with Crippen LogP contribution in [0.3, 0.4) is 0 Å². The number of aliphatic imine (C=N–C) groups is 2. The molecule has 1 aliphatic heterocycles. The summed E-state index contributed by atoms with van der Waals surface area (Å²) >= 11 is 0. The van der Waals surface area contributed by atoms with E-state index in [1.54, 1.807) is 0 Å². The predicted octanol–water partition coefficient (Wildman–Crippen LogP) is -0.635. The van der Waals surface area contributed by atoms with Crippen molar-refractivity contribution in [3.8, 4) is 0 Å². The first-order valence-corrected chi connectivity index (χ1v) is 3.44. The Bertz CT molecular complexity index is 150. The summed E-state index contributed by atoms with van der Waals surface area (Å²) in [5, 5.41) is 3.00. The molecule has 0 aromatic rings. The van der Waals surface area contributed by atoms with Crippen LogP contribution in [0.5, 0.6) is 0 Å². The molecule has 0 saturated carbocycles. The maximum absolute atomic E-state index is 5.28. The van der Waals surface area contributed by atoms with E-state index in [4.69, 9.17) is 5.73 Å². The topological polar surface area (TPSA) is 62.8 Å². The fourth-order valence-electron chi connectivity index (χ4n) is 0.706. The van der Waals surface area contributed by atoms with Gasteiger partial charge < -0.3 is 11.1 Å². The highest BCUT2D eigenvalue weighted by Gasteiger charge is 1.96. The lowest BCUT2D eigenvalue weighted by molar-refractivity contribution is 0.852. The molecular formula is C6H12N4. The first-order chi connectivity index (χ1) is 4.93. The molecule has 0 bridgehead atoms. The van der Waals surface area contributed by atoms with Crippen LogP contribution in [-0.4, -0.2) is 31.8 Å². The minimum absolute atomic E-state index is 0.620. The van der Waals surface area contributed by atoms with E-state index in [-0.39, 0.29) is 0 Å². The Labute approximate surface area is 60.2 Å². The molecule has 0 unspecified atom stereocenters. The standard InChI is InChI=1S/C6H12N4/c7-2-5-10-6-8-3-1-4-9-6/h3H,1-2,4-5,7H2,(H,9,10). The molecule has 0 spiro atoms. The number of hydrogen-bond acceptors (Lipinski definition) is 4. The molecule has 56 valence electrons. The molecular weight excluding hydrogens is 128 g/mol. The first kappa shape index (κ1) is 7.21. The lowest BCUT2D eigenvalue weighted by Gasteiger charge is -2.05. The van der Waals surface area contributed by atoms with Gasteiger partial charge >= 0.3 is 0 Å². The minimum Gasteiger partial charge on any atom is -0.353 e. The summed E-state index contributed by atoms with van der Waals surface area (Å²) in [4.78, 5) is 8.14. The van der Waals surface area contributed by atoms with Crippen molar-refractivity contribution in [2.75, 3.05) is 19.6 Å². The van der Waals surface area contributed by atoms with Crippen molar-refractivity contribution >= 4 is 12.2 Å². The minimum atomic E-state index is 0.620. The van der Waals surface area contributed by atoms with Crippen molar-refractivity contribution in [1.29, 1.82) is 0 Å².